The van der Waals surface area contributed by atoms with Crippen molar-refractivity contribution in [3.05, 3.63) is 35.9 Å². The molecule has 1 fully saturated rings. The molecule has 1 aromatic carbocycles. The molecule has 6 heteroatoms. The summed E-state index contributed by atoms with van der Waals surface area (Å²) >= 11 is -0.261. The Hall–Kier alpha value is -1.17. The van der Waals surface area contributed by atoms with Crippen molar-refractivity contribution in [1.82, 2.24) is 4.90 Å². The number of thioether (sulfide) groups is 1. The monoisotopic (exact) mass is 317 g/mol. The van der Waals surface area contributed by atoms with E-state index in [-0.39, 0.29) is 17.8 Å². The van der Waals surface area contributed by atoms with E-state index in [9.17, 15) is 18.0 Å². The van der Waals surface area contributed by atoms with Crippen LogP contribution in [0.5, 0.6) is 0 Å². The Labute approximate surface area is 126 Å². The van der Waals surface area contributed by atoms with Crippen LogP contribution < -0.4 is 0 Å². The van der Waals surface area contributed by atoms with Gasteiger partial charge in [-0.2, -0.15) is 13.2 Å². The number of benzene rings is 1. The maximum Gasteiger partial charge on any atom is 0.442 e. The molecular weight excluding hydrogens is 299 g/mol. The second-order valence-corrected chi connectivity index (χ2v) is 6.36. The maximum atomic E-state index is 12.3. The van der Waals surface area contributed by atoms with E-state index in [0.717, 1.165) is 18.4 Å². The number of amides is 1. The van der Waals surface area contributed by atoms with Gasteiger partial charge in [-0.3, -0.25) is 4.79 Å². The second kappa shape index (κ2) is 6.73. The molecule has 116 valence electrons. The lowest BCUT2D eigenvalue weighted by molar-refractivity contribution is -0.131. The van der Waals surface area contributed by atoms with E-state index < -0.39 is 17.2 Å². The lowest BCUT2D eigenvalue weighted by Crippen LogP contribution is -2.40. The van der Waals surface area contributed by atoms with E-state index in [0.29, 0.717) is 12.5 Å². The number of carbonyl (C=O) groups is 1. The SMILES string of the molecule is CC(C1CC1)N(Cc1ccccc1)C(=O)CSC(F)(F)F. The second-order valence-electron chi connectivity index (χ2n) is 5.32. The quantitative estimate of drug-likeness (QED) is 0.788. The van der Waals surface area contributed by atoms with Crippen molar-refractivity contribution in [1.29, 1.82) is 0 Å². The predicted octanol–water partition coefficient (Wildman–Crippen LogP) is 4.07. The maximum absolute atomic E-state index is 12.3. The van der Waals surface area contributed by atoms with Crippen LogP contribution >= 0.6 is 11.8 Å². The van der Waals surface area contributed by atoms with Crippen LogP contribution in [0.4, 0.5) is 13.2 Å². The van der Waals surface area contributed by atoms with Crippen molar-refractivity contribution in [2.45, 2.75) is 37.9 Å². The molecule has 2 rings (SSSR count). The van der Waals surface area contributed by atoms with E-state index in [4.69, 9.17) is 0 Å². The minimum absolute atomic E-state index is 0.00783. The van der Waals surface area contributed by atoms with Crippen molar-refractivity contribution < 1.29 is 18.0 Å². The minimum Gasteiger partial charge on any atom is -0.335 e. The fraction of sp³-hybridized carbons (Fsp3) is 0.533. The zero-order valence-electron chi connectivity index (χ0n) is 11.8. The van der Waals surface area contributed by atoms with E-state index in [2.05, 4.69) is 0 Å². The lowest BCUT2D eigenvalue weighted by atomic mass is 10.1. The molecule has 0 spiro atoms. The Morgan fingerprint density at radius 3 is 2.48 bits per heavy atom. The number of hydrogen-bond donors (Lipinski definition) is 0. The van der Waals surface area contributed by atoms with Gasteiger partial charge in [0.15, 0.2) is 0 Å². The average molecular weight is 317 g/mol. The largest absolute Gasteiger partial charge is 0.442 e. The van der Waals surface area contributed by atoms with E-state index in [1.807, 2.05) is 37.3 Å². The van der Waals surface area contributed by atoms with Gasteiger partial charge in [-0.1, -0.05) is 30.3 Å². The lowest BCUT2D eigenvalue weighted by Gasteiger charge is -2.29. The molecule has 0 radical (unpaired) electrons. The molecule has 1 unspecified atom stereocenters. The van der Waals surface area contributed by atoms with Gasteiger partial charge < -0.3 is 4.90 Å². The first kappa shape index (κ1) is 16.2. The van der Waals surface area contributed by atoms with Gasteiger partial charge in [-0.25, -0.2) is 0 Å². The standard InChI is InChI=1S/C15H18F3NOS/c1-11(13-7-8-13)19(9-12-5-3-2-4-6-12)14(20)10-21-15(16,17)18/h2-6,11,13H,7-10H2,1H3. The van der Waals surface area contributed by atoms with Crippen LogP contribution in [0.25, 0.3) is 0 Å². The molecule has 0 bridgehead atoms. The molecule has 1 saturated carbocycles. The molecule has 1 atom stereocenters. The predicted molar refractivity (Wildman–Crippen MR) is 77.7 cm³/mol. The third kappa shape index (κ3) is 5.26. The number of rotatable bonds is 6. The van der Waals surface area contributed by atoms with Crippen LogP contribution in [0.2, 0.25) is 0 Å². The summed E-state index contributed by atoms with van der Waals surface area (Å²) in [6.45, 7) is 2.30. The number of halogens is 3. The van der Waals surface area contributed by atoms with Crippen LogP contribution in [0, 0.1) is 5.92 Å². The Balaban J connectivity index is 2.03. The van der Waals surface area contributed by atoms with Crippen LogP contribution in [0.15, 0.2) is 30.3 Å². The summed E-state index contributed by atoms with van der Waals surface area (Å²) in [5, 5.41) is 0. The molecular formula is C15H18F3NOS. The van der Waals surface area contributed by atoms with Gasteiger partial charge in [-0.15, -0.1) is 0 Å². The minimum atomic E-state index is -4.36. The summed E-state index contributed by atoms with van der Waals surface area (Å²) in [6.07, 6.45) is 2.10. The Morgan fingerprint density at radius 2 is 1.95 bits per heavy atom. The van der Waals surface area contributed by atoms with Crippen molar-refractivity contribution in [2.75, 3.05) is 5.75 Å². The number of hydrogen-bond acceptors (Lipinski definition) is 2. The highest BCUT2D eigenvalue weighted by molar-refractivity contribution is 8.00. The fourth-order valence-corrected chi connectivity index (χ4v) is 2.75. The van der Waals surface area contributed by atoms with Crippen LogP contribution in [0.3, 0.4) is 0 Å². The van der Waals surface area contributed by atoms with Crippen molar-refractivity contribution in [3.63, 3.8) is 0 Å². The summed E-state index contributed by atoms with van der Waals surface area (Å²) in [6, 6.07) is 9.37. The highest BCUT2D eigenvalue weighted by Crippen LogP contribution is 2.36. The molecule has 1 aliphatic carbocycles. The van der Waals surface area contributed by atoms with Gasteiger partial charge in [-0.05, 0) is 43.0 Å². The molecule has 0 saturated heterocycles. The summed E-state index contributed by atoms with van der Waals surface area (Å²) in [5.74, 6) is -0.568. The molecule has 0 heterocycles. The van der Waals surface area contributed by atoms with Gasteiger partial charge >= 0.3 is 5.51 Å². The van der Waals surface area contributed by atoms with E-state index in [1.165, 1.54) is 0 Å². The number of carbonyl (C=O) groups excluding carboxylic acids is 1. The van der Waals surface area contributed by atoms with Gasteiger partial charge in [0.05, 0.1) is 5.75 Å². The summed E-state index contributed by atoms with van der Waals surface area (Å²) in [7, 11) is 0. The summed E-state index contributed by atoms with van der Waals surface area (Å²) < 4.78 is 36.8. The normalized spacial score (nSPS) is 16.6. The highest BCUT2D eigenvalue weighted by Gasteiger charge is 2.36. The molecule has 0 N–H and O–H groups in total. The van der Waals surface area contributed by atoms with Crippen LogP contribution in [-0.4, -0.2) is 28.1 Å². The van der Waals surface area contributed by atoms with Gasteiger partial charge in [0.2, 0.25) is 5.91 Å². The van der Waals surface area contributed by atoms with Gasteiger partial charge in [0.1, 0.15) is 0 Å². The first-order valence-electron chi connectivity index (χ1n) is 6.91. The summed E-state index contributed by atoms with van der Waals surface area (Å²) in [5.41, 5.74) is -3.42. The van der Waals surface area contributed by atoms with Crippen molar-refractivity contribution in [2.24, 2.45) is 5.92 Å². The van der Waals surface area contributed by atoms with Gasteiger partial charge in [0, 0.05) is 12.6 Å². The average Bonchev–Trinajstić information content (AvgIpc) is 3.26. The zero-order chi connectivity index (χ0) is 15.5. The zero-order valence-corrected chi connectivity index (χ0v) is 12.6. The smallest absolute Gasteiger partial charge is 0.335 e. The van der Waals surface area contributed by atoms with E-state index >= 15 is 0 Å². The Bertz CT molecular complexity index is 474. The Kier molecular flexibility index (Phi) is 5.19. The highest BCUT2D eigenvalue weighted by atomic mass is 32.2. The van der Waals surface area contributed by atoms with Crippen molar-refractivity contribution in [3.8, 4) is 0 Å². The number of nitrogens with zero attached hydrogens (tertiary/aromatic N) is 1. The van der Waals surface area contributed by atoms with Crippen LogP contribution in [0.1, 0.15) is 25.3 Å². The third-order valence-electron chi connectivity index (χ3n) is 3.67. The molecule has 0 aromatic heterocycles. The first-order valence-corrected chi connectivity index (χ1v) is 7.89. The first-order chi connectivity index (χ1) is 9.87. The van der Waals surface area contributed by atoms with Crippen LogP contribution in [-0.2, 0) is 11.3 Å². The topological polar surface area (TPSA) is 20.3 Å². The van der Waals surface area contributed by atoms with Crippen molar-refractivity contribution >= 4 is 17.7 Å². The van der Waals surface area contributed by atoms with E-state index in [1.54, 1.807) is 4.90 Å². The molecule has 2 nitrogen and oxygen atoms in total. The molecule has 1 aliphatic rings. The van der Waals surface area contributed by atoms with Gasteiger partial charge in [0.25, 0.3) is 0 Å². The molecule has 21 heavy (non-hydrogen) atoms. The third-order valence-corrected chi connectivity index (χ3v) is 4.39. The number of alkyl halides is 3. The molecule has 1 aromatic rings. The summed E-state index contributed by atoms with van der Waals surface area (Å²) in [4.78, 5) is 13.8. The molecule has 1 amide bonds. The Morgan fingerprint density at radius 1 is 1.33 bits per heavy atom. The molecule has 0 aliphatic heterocycles. The fourth-order valence-electron chi connectivity index (χ4n) is 2.30.